The van der Waals surface area contributed by atoms with E-state index in [-0.39, 0.29) is 0 Å². The zero-order valence-corrected chi connectivity index (χ0v) is 10.4. The summed E-state index contributed by atoms with van der Waals surface area (Å²) in [5.74, 6) is 0.802. The molecule has 0 spiro atoms. The van der Waals surface area contributed by atoms with Gasteiger partial charge < -0.3 is 5.32 Å². The summed E-state index contributed by atoms with van der Waals surface area (Å²) in [5.41, 5.74) is 1.78. The van der Waals surface area contributed by atoms with Gasteiger partial charge in [-0.1, -0.05) is 0 Å². The van der Waals surface area contributed by atoms with Crippen molar-refractivity contribution in [3.63, 3.8) is 0 Å². The van der Waals surface area contributed by atoms with Crippen LogP contribution < -0.4 is 5.32 Å². The molecule has 0 aliphatic carbocycles. The van der Waals surface area contributed by atoms with E-state index in [0.717, 1.165) is 28.8 Å². The number of aromatic nitrogens is 3. The molecule has 2 aromatic heterocycles. The van der Waals surface area contributed by atoms with Crippen LogP contribution in [0.15, 0.2) is 12.1 Å². The first-order chi connectivity index (χ1) is 7.70. The van der Waals surface area contributed by atoms with Gasteiger partial charge in [-0.2, -0.15) is 0 Å². The second kappa shape index (κ2) is 4.57. The SMILES string of the molecule is CCNc1ccc(-c2nc(C)sc2C)nn1. The molecule has 1 N–H and O–H groups in total. The van der Waals surface area contributed by atoms with E-state index < -0.39 is 0 Å². The van der Waals surface area contributed by atoms with Gasteiger partial charge in [0.15, 0.2) is 0 Å². The monoisotopic (exact) mass is 234 g/mol. The smallest absolute Gasteiger partial charge is 0.148 e. The third-order valence-corrected chi connectivity index (χ3v) is 3.05. The van der Waals surface area contributed by atoms with Crippen molar-refractivity contribution in [2.45, 2.75) is 20.8 Å². The largest absolute Gasteiger partial charge is 0.369 e. The quantitative estimate of drug-likeness (QED) is 0.887. The molecule has 0 saturated heterocycles. The van der Waals surface area contributed by atoms with Crippen LogP contribution in [0, 0.1) is 13.8 Å². The Labute approximate surface area is 98.8 Å². The lowest BCUT2D eigenvalue weighted by atomic mass is 10.2. The van der Waals surface area contributed by atoms with Gasteiger partial charge in [0.25, 0.3) is 0 Å². The van der Waals surface area contributed by atoms with Crippen molar-refractivity contribution in [1.82, 2.24) is 15.2 Å². The lowest BCUT2D eigenvalue weighted by Crippen LogP contribution is -2.00. The Kier molecular flexibility index (Phi) is 3.14. The molecule has 0 bridgehead atoms. The minimum atomic E-state index is 0.802. The average molecular weight is 234 g/mol. The fourth-order valence-corrected chi connectivity index (χ4v) is 2.33. The molecule has 0 atom stereocenters. The molecule has 2 rings (SSSR count). The highest BCUT2D eigenvalue weighted by Gasteiger charge is 2.09. The summed E-state index contributed by atoms with van der Waals surface area (Å²) in [6.07, 6.45) is 0. The van der Waals surface area contributed by atoms with Crippen molar-refractivity contribution in [3.05, 3.63) is 22.0 Å². The van der Waals surface area contributed by atoms with Crippen molar-refractivity contribution < 1.29 is 0 Å². The molecule has 0 amide bonds. The zero-order valence-electron chi connectivity index (χ0n) is 9.61. The number of anilines is 1. The van der Waals surface area contributed by atoms with E-state index >= 15 is 0 Å². The Morgan fingerprint density at radius 3 is 2.56 bits per heavy atom. The fraction of sp³-hybridized carbons (Fsp3) is 0.364. The third kappa shape index (κ3) is 2.19. The van der Waals surface area contributed by atoms with Crippen LogP contribution in [0.2, 0.25) is 0 Å². The molecule has 0 radical (unpaired) electrons. The van der Waals surface area contributed by atoms with Gasteiger partial charge in [0.1, 0.15) is 17.2 Å². The number of hydrogen-bond acceptors (Lipinski definition) is 5. The molecule has 0 fully saturated rings. The Morgan fingerprint density at radius 2 is 2.06 bits per heavy atom. The standard InChI is InChI=1S/C11H14N4S/c1-4-12-10-6-5-9(14-15-10)11-7(2)16-8(3)13-11/h5-6H,4H2,1-3H3,(H,12,15). The van der Waals surface area contributed by atoms with Gasteiger partial charge >= 0.3 is 0 Å². The Bertz CT molecular complexity index is 475. The molecule has 0 saturated carbocycles. The zero-order chi connectivity index (χ0) is 11.5. The number of hydrogen-bond donors (Lipinski definition) is 1. The summed E-state index contributed by atoms with van der Waals surface area (Å²) in [7, 11) is 0. The van der Waals surface area contributed by atoms with Crippen LogP contribution in [0.25, 0.3) is 11.4 Å². The van der Waals surface area contributed by atoms with Gasteiger partial charge in [-0.3, -0.25) is 0 Å². The number of aryl methyl sites for hydroxylation is 2. The number of thiazole rings is 1. The first-order valence-electron chi connectivity index (χ1n) is 5.22. The Balaban J connectivity index is 2.31. The van der Waals surface area contributed by atoms with Crippen LogP contribution >= 0.6 is 11.3 Å². The van der Waals surface area contributed by atoms with Crippen molar-refractivity contribution in [2.24, 2.45) is 0 Å². The van der Waals surface area contributed by atoms with E-state index in [2.05, 4.69) is 27.4 Å². The molecule has 16 heavy (non-hydrogen) atoms. The minimum Gasteiger partial charge on any atom is -0.369 e. The van der Waals surface area contributed by atoms with E-state index in [1.165, 1.54) is 4.88 Å². The molecule has 2 heterocycles. The van der Waals surface area contributed by atoms with E-state index in [1.54, 1.807) is 11.3 Å². The van der Waals surface area contributed by atoms with Crippen LogP contribution in [0.5, 0.6) is 0 Å². The second-order valence-electron chi connectivity index (χ2n) is 3.47. The van der Waals surface area contributed by atoms with Crippen LogP contribution in [0.1, 0.15) is 16.8 Å². The van der Waals surface area contributed by atoms with Gasteiger partial charge in [0, 0.05) is 11.4 Å². The first kappa shape index (κ1) is 11.0. The molecular formula is C11H14N4S. The van der Waals surface area contributed by atoms with Crippen LogP contribution in [0.4, 0.5) is 5.82 Å². The summed E-state index contributed by atoms with van der Waals surface area (Å²) < 4.78 is 0. The molecule has 2 aromatic rings. The Hall–Kier alpha value is -1.49. The second-order valence-corrected chi connectivity index (χ2v) is 4.88. The molecule has 4 nitrogen and oxygen atoms in total. The highest BCUT2D eigenvalue weighted by atomic mass is 32.1. The highest BCUT2D eigenvalue weighted by Crippen LogP contribution is 2.25. The first-order valence-corrected chi connectivity index (χ1v) is 6.04. The maximum atomic E-state index is 4.45. The van der Waals surface area contributed by atoms with Gasteiger partial charge in [-0.15, -0.1) is 21.5 Å². The molecule has 0 aliphatic heterocycles. The molecule has 0 unspecified atom stereocenters. The highest BCUT2D eigenvalue weighted by molar-refractivity contribution is 7.11. The maximum absolute atomic E-state index is 4.45. The topological polar surface area (TPSA) is 50.7 Å². The van der Waals surface area contributed by atoms with E-state index in [1.807, 2.05) is 26.0 Å². The summed E-state index contributed by atoms with van der Waals surface area (Å²) in [4.78, 5) is 5.64. The molecule has 0 aromatic carbocycles. The van der Waals surface area contributed by atoms with E-state index in [4.69, 9.17) is 0 Å². The van der Waals surface area contributed by atoms with Crippen molar-refractivity contribution >= 4 is 17.2 Å². The molecule has 84 valence electrons. The summed E-state index contributed by atoms with van der Waals surface area (Å²) in [6, 6.07) is 3.88. The summed E-state index contributed by atoms with van der Waals surface area (Å²) in [5, 5.41) is 12.4. The van der Waals surface area contributed by atoms with Gasteiger partial charge in [0.2, 0.25) is 0 Å². The normalized spacial score (nSPS) is 10.4. The Morgan fingerprint density at radius 1 is 1.25 bits per heavy atom. The van der Waals surface area contributed by atoms with Gasteiger partial charge in [-0.25, -0.2) is 4.98 Å². The number of nitrogens with zero attached hydrogens (tertiary/aromatic N) is 3. The minimum absolute atomic E-state index is 0.802. The van der Waals surface area contributed by atoms with Crippen LogP contribution in [0.3, 0.4) is 0 Å². The molecular weight excluding hydrogens is 220 g/mol. The lowest BCUT2D eigenvalue weighted by Gasteiger charge is -2.01. The lowest BCUT2D eigenvalue weighted by molar-refractivity contribution is 1.01. The van der Waals surface area contributed by atoms with Gasteiger partial charge in [-0.05, 0) is 32.9 Å². The maximum Gasteiger partial charge on any atom is 0.148 e. The third-order valence-electron chi connectivity index (χ3n) is 2.17. The van der Waals surface area contributed by atoms with Crippen molar-refractivity contribution in [2.75, 3.05) is 11.9 Å². The number of rotatable bonds is 3. The fourth-order valence-electron chi connectivity index (χ4n) is 1.50. The average Bonchev–Trinajstić information content (AvgIpc) is 2.59. The molecule has 0 aliphatic rings. The van der Waals surface area contributed by atoms with E-state index in [9.17, 15) is 0 Å². The van der Waals surface area contributed by atoms with E-state index in [0.29, 0.717) is 0 Å². The van der Waals surface area contributed by atoms with Crippen molar-refractivity contribution in [3.8, 4) is 11.4 Å². The summed E-state index contributed by atoms with van der Waals surface area (Å²) >= 11 is 1.68. The predicted octanol–water partition coefficient (Wildman–Crippen LogP) is 2.65. The van der Waals surface area contributed by atoms with Crippen LogP contribution in [-0.2, 0) is 0 Å². The predicted molar refractivity (Wildman–Crippen MR) is 66.8 cm³/mol. The number of nitrogens with one attached hydrogen (secondary N) is 1. The van der Waals surface area contributed by atoms with Crippen LogP contribution in [-0.4, -0.2) is 21.7 Å². The summed E-state index contributed by atoms with van der Waals surface area (Å²) in [6.45, 7) is 6.94. The molecule has 5 heteroatoms. The van der Waals surface area contributed by atoms with Crippen molar-refractivity contribution in [1.29, 1.82) is 0 Å². The van der Waals surface area contributed by atoms with Gasteiger partial charge in [0.05, 0.1) is 5.01 Å².